The molecule has 0 amide bonds. The molecule has 1 aromatic rings. The molecule has 1 N–H and O–H groups in total. The van der Waals surface area contributed by atoms with Crippen LogP contribution in [0.3, 0.4) is 0 Å². The highest BCUT2D eigenvalue weighted by Gasteiger charge is 2.10. The van der Waals surface area contributed by atoms with Crippen LogP contribution in [0.5, 0.6) is 5.75 Å². The largest absolute Gasteiger partial charge is 0.496 e. The third-order valence-corrected chi connectivity index (χ3v) is 2.57. The Morgan fingerprint density at radius 2 is 2.14 bits per heavy atom. The van der Waals surface area contributed by atoms with Crippen molar-refractivity contribution in [2.24, 2.45) is 0 Å². The summed E-state index contributed by atoms with van der Waals surface area (Å²) in [5.74, 6) is 0.746. The molecular formula is C11H15ClO2. The molecule has 0 aromatic heterocycles. The van der Waals surface area contributed by atoms with Crippen LogP contribution in [0, 0.1) is 0 Å². The van der Waals surface area contributed by atoms with Gasteiger partial charge in [-0.1, -0.05) is 18.5 Å². The highest BCUT2D eigenvalue weighted by Crippen LogP contribution is 2.31. The topological polar surface area (TPSA) is 29.5 Å². The Labute approximate surface area is 89.5 Å². The molecular weight excluding hydrogens is 200 g/mol. The highest BCUT2D eigenvalue weighted by molar-refractivity contribution is 6.31. The smallest absolute Gasteiger partial charge is 0.123 e. The fourth-order valence-electron chi connectivity index (χ4n) is 1.40. The molecule has 0 aliphatic carbocycles. The molecule has 1 aromatic carbocycles. The van der Waals surface area contributed by atoms with E-state index in [-0.39, 0.29) is 0 Å². The van der Waals surface area contributed by atoms with E-state index in [0.29, 0.717) is 5.02 Å². The molecule has 0 bridgehead atoms. The fraction of sp³-hybridized carbons (Fsp3) is 0.455. The van der Waals surface area contributed by atoms with Crippen molar-refractivity contribution in [3.63, 3.8) is 0 Å². The van der Waals surface area contributed by atoms with Crippen LogP contribution in [0.25, 0.3) is 0 Å². The maximum atomic E-state index is 9.42. The summed E-state index contributed by atoms with van der Waals surface area (Å²) in [4.78, 5) is 0. The van der Waals surface area contributed by atoms with E-state index in [1.807, 2.05) is 13.0 Å². The molecule has 0 fully saturated rings. The van der Waals surface area contributed by atoms with Crippen LogP contribution in [-0.4, -0.2) is 12.2 Å². The summed E-state index contributed by atoms with van der Waals surface area (Å²) < 4.78 is 5.21. The number of hydrogen-bond acceptors (Lipinski definition) is 2. The fourth-order valence-corrected chi connectivity index (χ4v) is 1.75. The van der Waals surface area contributed by atoms with Gasteiger partial charge in [0.1, 0.15) is 5.75 Å². The SMILES string of the molecule is CCc1c(Cl)cc(C(C)O)cc1OC. The molecule has 14 heavy (non-hydrogen) atoms. The summed E-state index contributed by atoms with van der Waals surface area (Å²) in [6.07, 6.45) is 0.301. The van der Waals surface area contributed by atoms with Gasteiger partial charge in [-0.05, 0) is 31.0 Å². The molecule has 1 rings (SSSR count). The van der Waals surface area contributed by atoms with Crippen molar-refractivity contribution >= 4 is 11.6 Å². The lowest BCUT2D eigenvalue weighted by Crippen LogP contribution is -1.97. The number of halogens is 1. The zero-order chi connectivity index (χ0) is 10.7. The van der Waals surface area contributed by atoms with Gasteiger partial charge in [0.2, 0.25) is 0 Å². The zero-order valence-corrected chi connectivity index (χ0v) is 9.43. The molecule has 2 nitrogen and oxygen atoms in total. The van der Waals surface area contributed by atoms with Crippen LogP contribution < -0.4 is 4.74 Å². The molecule has 78 valence electrons. The first kappa shape index (κ1) is 11.3. The molecule has 1 atom stereocenters. The Morgan fingerprint density at radius 1 is 1.50 bits per heavy atom. The molecule has 0 aliphatic rings. The van der Waals surface area contributed by atoms with Gasteiger partial charge in [-0.2, -0.15) is 0 Å². The Morgan fingerprint density at radius 3 is 2.57 bits per heavy atom. The van der Waals surface area contributed by atoms with Gasteiger partial charge < -0.3 is 9.84 Å². The number of rotatable bonds is 3. The van der Waals surface area contributed by atoms with Crippen LogP contribution in [0.15, 0.2) is 12.1 Å². The number of benzene rings is 1. The van der Waals surface area contributed by atoms with Crippen molar-refractivity contribution in [1.82, 2.24) is 0 Å². The molecule has 0 radical (unpaired) electrons. The Kier molecular flexibility index (Phi) is 3.78. The minimum atomic E-state index is -0.521. The molecule has 0 saturated carbocycles. The van der Waals surface area contributed by atoms with E-state index in [4.69, 9.17) is 16.3 Å². The first-order valence-electron chi connectivity index (χ1n) is 4.64. The van der Waals surface area contributed by atoms with Crippen LogP contribution in [0.1, 0.15) is 31.1 Å². The van der Waals surface area contributed by atoms with Gasteiger partial charge in [0, 0.05) is 10.6 Å². The molecule has 0 spiro atoms. The van der Waals surface area contributed by atoms with Gasteiger partial charge in [0.15, 0.2) is 0 Å². The lowest BCUT2D eigenvalue weighted by Gasteiger charge is -2.13. The first-order valence-corrected chi connectivity index (χ1v) is 5.02. The number of hydrogen-bond donors (Lipinski definition) is 1. The Balaban J connectivity index is 3.24. The van der Waals surface area contributed by atoms with Crippen LogP contribution in [-0.2, 0) is 6.42 Å². The predicted molar refractivity (Wildman–Crippen MR) is 58.0 cm³/mol. The monoisotopic (exact) mass is 214 g/mol. The van der Waals surface area contributed by atoms with Crippen molar-refractivity contribution in [3.8, 4) is 5.75 Å². The zero-order valence-electron chi connectivity index (χ0n) is 8.67. The molecule has 0 saturated heterocycles. The Hall–Kier alpha value is -0.730. The lowest BCUT2D eigenvalue weighted by atomic mass is 10.1. The van der Waals surface area contributed by atoms with Crippen molar-refractivity contribution in [2.75, 3.05) is 7.11 Å². The second kappa shape index (κ2) is 4.67. The van der Waals surface area contributed by atoms with E-state index in [2.05, 4.69) is 0 Å². The number of aliphatic hydroxyl groups excluding tert-OH is 1. The lowest BCUT2D eigenvalue weighted by molar-refractivity contribution is 0.199. The second-order valence-electron chi connectivity index (χ2n) is 3.21. The van der Waals surface area contributed by atoms with E-state index in [0.717, 1.165) is 23.3 Å². The average molecular weight is 215 g/mol. The third kappa shape index (κ3) is 2.20. The summed E-state index contributed by atoms with van der Waals surface area (Å²) in [5, 5.41) is 10.1. The van der Waals surface area contributed by atoms with Crippen molar-refractivity contribution in [2.45, 2.75) is 26.4 Å². The average Bonchev–Trinajstić information content (AvgIpc) is 2.16. The van der Waals surface area contributed by atoms with E-state index in [1.54, 1.807) is 20.1 Å². The van der Waals surface area contributed by atoms with Crippen molar-refractivity contribution in [1.29, 1.82) is 0 Å². The summed E-state index contributed by atoms with van der Waals surface area (Å²) in [5.41, 5.74) is 1.77. The molecule has 1 unspecified atom stereocenters. The van der Waals surface area contributed by atoms with Crippen molar-refractivity contribution in [3.05, 3.63) is 28.3 Å². The Bertz CT molecular complexity index is 321. The summed E-state index contributed by atoms with van der Waals surface area (Å²) in [7, 11) is 1.61. The second-order valence-corrected chi connectivity index (χ2v) is 3.62. The van der Waals surface area contributed by atoms with E-state index >= 15 is 0 Å². The molecule has 0 heterocycles. The first-order chi connectivity index (χ1) is 6.60. The summed E-state index contributed by atoms with van der Waals surface area (Å²) in [6.45, 7) is 3.72. The van der Waals surface area contributed by atoms with Crippen LogP contribution in [0.4, 0.5) is 0 Å². The predicted octanol–water partition coefficient (Wildman–Crippen LogP) is 2.96. The van der Waals surface area contributed by atoms with Gasteiger partial charge in [0.25, 0.3) is 0 Å². The van der Waals surface area contributed by atoms with Gasteiger partial charge in [0.05, 0.1) is 13.2 Å². The van der Waals surface area contributed by atoms with Crippen LogP contribution in [0.2, 0.25) is 5.02 Å². The quantitative estimate of drug-likeness (QED) is 0.839. The number of ether oxygens (including phenoxy) is 1. The highest BCUT2D eigenvalue weighted by atomic mass is 35.5. The molecule has 0 aliphatic heterocycles. The van der Waals surface area contributed by atoms with Crippen LogP contribution >= 0.6 is 11.6 Å². The van der Waals surface area contributed by atoms with Gasteiger partial charge in [-0.25, -0.2) is 0 Å². The maximum absolute atomic E-state index is 9.42. The minimum Gasteiger partial charge on any atom is -0.496 e. The van der Waals surface area contributed by atoms with Gasteiger partial charge in [-0.3, -0.25) is 0 Å². The maximum Gasteiger partial charge on any atom is 0.123 e. The molecule has 3 heteroatoms. The standard InChI is InChI=1S/C11H15ClO2/c1-4-9-10(12)5-8(7(2)13)6-11(9)14-3/h5-7,13H,4H2,1-3H3. The normalized spacial score (nSPS) is 12.6. The summed E-state index contributed by atoms with van der Waals surface area (Å²) in [6, 6.07) is 3.61. The van der Waals surface area contributed by atoms with E-state index in [9.17, 15) is 5.11 Å². The van der Waals surface area contributed by atoms with Gasteiger partial charge >= 0.3 is 0 Å². The number of aliphatic hydroxyl groups is 1. The third-order valence-electron chi connectivity index (χ3n) is 2.23. The van der Waals surface area contributed by atoms with E-state index < -0.39 is 6.10 Å². The van der Waals surface area contributed by atoms with Gasteiger partial charge in [-0.15, -0.1) is 0 Å². The van der Waals surface area contributed by atoms with E-state index in [1.165, 1.54) is 0 Å². The summed E-state index contributed by atoms with van der Waals surface area (Å²) >= 11 is 6.07. The number of methoxy groups -OCH3 is 1. The minimum absolute atomic E-state index is 0.521. The van der Waals surface area contributed by atoms with Crippen molar-refractivity contribution < 1.29 is 9.84 Å².